The summed E-state index contributed by atoms with van der Waals surface area (Å²) in [7, 11) is 4.12. The normalized spacial score (nSPS) is 12.7. The van der Waals surface area contributed by atoms with Gasteiger partial charge in [0.1, 0.15) is 5.82 Å². The average molecular weight is 401 g/mol. The topological polar surface area (TPSA) is 79.4 Å². The molecule has 7 heteroatoms. The maximum Gasteiger partial charge on any atom is 0.221 e. The standard InChI is InChI=1S/C22H20N6S/c1-28(2)16-5-6-18-14(9-16)10-19(29-18)21-17-11-15(4-3-13(17)12-25-21)26-20-7-8-24-22(23)27-20/h3-11H,12H2,1-2H3,(H3,23,24,26,27). The molecule has 2 aromatic heterocycles. The minimum absolute atomic E-state index is 0.251. The molecule has 0 unspecified atom stereocenters. The minimum Gasteiger partial charge on any atom is -0.378 e. The Kier molecular flexibility index (Phi) is 4.17. The van der Waals surface area contributed by atoms with Crippen LogP contribution in [0.15, 0.2) is 59.7 Å². The quantitative estimate of drug-likeness (QED) is 0.530. The highest BCUT2D eigenvalue weighted by molar-refractivity contribution is 7.21. The van der Waals surface area contributed by atoms with Crippen LogP contribution in [0.1, 0.15) is 16.0 Å². The summed E-state index contributed by atoms with van der Waals surface area (Å²) in [5, 5.41) is 4.55. The summed E-state index contributed by atoms with van der Waals surface area (Å²) >= 11 is 1.78. The third kappa shape index (κ3) is 3.30. The fraction of sp³-hybridized carbons (Fsp3) is 0.136. The molecule has 0 spiro atoms. The van der Waals surface area contributed by atoms with E-state index in [1.807, 2.05) is 6.07 Å². The minimum atomic E-state index is 0.251. The zero-order valence-electron chi connectivity index (χ0n) is 16.2. The smallest absolute Gasteiger partial charge is 0.221 e. The number of rotatable bonds is 4. The number of aromatic nitrogens is 2. The molecule has 0 fully saturated rings. The number of hydrogen-bond donors (Lipinski definition) is 2. The fourth-order valence-corrected chi connectivity index (χ4v) is 4.56. The van der Waals surface area contributed by atoms with E-state index in [-0.39, 0.29) is 5.95 Å². The lowest BCUT2D eigenvalue weighted by molar-refractivity contribution is 1.11. The molecule has 0 saturated heterocycles. The Labute approximate surface area is 172 Å². The highest BCUT2D eigenvalue weighted by Crippen LogP contribution is 2.34. The van der Waals surface area contributed by atoms with E-state index in [9.17, 15) is 0 Å². The van der Waals surface area contributed by atoms with Crippen LogP contribution in [-0.4, -0.2) is 29.8 Å². The van der Waals surface area contributed by atoms with Crippen molar-refractivity contribution in [2.45, 2.75) is 6.54 Å². The number of aliphatic imine (C=N–C) groups is 1. The van der Waals surface area contributed by atoms with Gasteiger partial charge in [0.2, 0.25) is 5.95 Å². The largest absolute Gasteiger partial charge is 0.378 e. The van der Waals surface area contributed by atoms with Crippen molar-refractivity contribution < 1.29 is 0 Å². The van der Waals surface area contributed by atoms with Crippen molar-refractivity contribution in [2.24, 2.45) is 4.99 Å². The first-order valence-electron chi connectivity index (χ1n) is 9.31. The molecule has 4 aromatic rings. The van der Waals surface area contributed by atoms with Crippen molar-refractivity contribution in [3.05, 3.63) is 70.7 Å². The van der Waals surface area contributed by atoms with Gasteiger partial charge < -0.3 is 16.0 Å². The first-order chi connectivity index (χ1) is 14.1. The van der Waals surface area contributed by atoms with Crippen molar-refractivity contribution in [2.75, 3.05) is 30.0 Å². The van der Waals surface area contributed by atoms with Gasteiger partial charge in [-0.3, -0.25) is 4.99 Å². The van der Waals surface area contributed by atoms with Crippen LogP contribution in [0, 0.1) is 0 Å². The summed E-state index contributed by atoms with van der Waals surface area (Å²) in [5.74, 6) is 0.924. The predicted octanol–water partition coefficient (Wildman–Crippen LogP) is 4.43. The van der Waals surface area contributed by atoms with Crippen LogP contribution in [0.5, 0.6) is 0 Å². The van der Waals surface area contributed by atoms with E-state index >= 15 is 0 Å². The average Bonchev–Trinajstić information content (AvgIpc) is 3.30. The van der Waals surface area contributed by atoms with Crippen LogP contribution < -0.4 is 16.0 Å². The summed E-state index contributed by atoms with van der Waals surface area (Å²) in [4.78, 5) is 16.3. The van der Waals surface area contributed by atoms with Gasteiger partial charge in [-0.25, -0.2) is 4.98 Å². The summed E-state index contributed by atoms with van der Waals surface area (Å²) in [5.41, 5.74) is 11.3. The van der Waals surface area contributed by atoms with Crippen LogP contribution in [-0.2, 0) is 6.54 Å². The molecule has 0 atom stereocenters. The van der Waals surface area contributed by atoms with Crippen LogP contribution in [0.4, 0.5) is 23.1 Å². The van der Waals surface area contributed by atoms with Crippen molar-refractivity contribution in [1.82, 2.24) is 9.97 Å². The fourth-order valence-electron chi connectivity index (χ4n) is 3.49. The first-order valence-corrected chi connectivity index (χ1v) is 10.1. The van der Waals surface area contributed by atoms with Crippen LogP contribution in [0.2, 0.25) is 0 Å². The third-order valence-corrected chi connectivity index (χ3v) is 6.09. The molecule has 6 nitrogen and oxygen atoms in total. The molecule has 1 aliphatic rings. The number of thiophene rings is 1. The molecule has 0 aliphatic carbocycles. The number of nitrogens with zero attached hydrogens (tertiary/aromatic N) is 4. The Bertz CT molecular complexity index is 1260. The van der Waals surface area contributed by atoms with Crippen LogP contribution >= 0.6 is 11.3 Å². The van der Waals surface area contributed by atoms with Gasteiger partial charge >= 0.3 is 0 Å². The van der Waals surface area contributed by atoms with Gasteiger partial charge in [0.25, 0.3) is 0 Å². The number of nitrogens with one attached hydrogen (secondary N) is 1. The molecule has 29 heavy (non-hydrogen) atoms. The van der Waals surface area contributed by atoms with Gasteiger partial charge in [0, 0.05) is 41.9 Å². The van der Waals surface area contributed by atoms with Gasteiger partial charge in [-0.15, -0.1) is 11.3 Å². The van der Waals surface area contributed by atoms with E-state index in [1.165, 1.54) is 26.2 Å². The molecule has 2 aromatic carbocycles. The molecule has 144 valence electrons. The van der Waals surface area contributed by atoms with Crippen LogP contribution in [0.25, 0.3) is 10.1 Å². The van der Waals surface area contributed by atoms with E-state index in [4.69, 9.17) is 10.7 Å². The van der Waals surface area contributed by atoms with Gasteiger partial charge in [-0.1, -0.05) is 6.07 Å². The van der Waals surface area contributed by atoms with Crippen molar-refractivity contribution in [1.29, 1.82) is 0 Å². The second-order valence-corrected chi connectivity index (χ2v) is 8.27. The van der Waals surface area contributed by atoms with E-state index < -0.39 is 0 Å². The Morgan fingerprint density at radius 1 is 1.07 bits per heavy atom. The van der Waals surface area contributed by atoms with E-state index in [2.05, 4.69) is 70.7 Å². The second kappa shape index (κ2) is 6.86. The first kappa shape index (κ1) is 17.6. The predicted molar refractivity (Wildman–Crippen MR) is 122 cm³/mol. The highest BCUT2D eigenvalue weighted by Gasteiger charge is 2.20. The summed E-state index contributed by atoms with van der Waals surface area (Å²) in [6, 6.07) is 16.9. The lowest BCUT2D eigenvalue weighted by Crippen LogP contribution is -2.07. The second-order valence-electron chi connectivity index (χ2n) is 7.19. The van der Waals surface area contributed by atoms with Gasteiger partial charge in [0.05, 0.1) is 17.1 Å². The lowest BCUT2D eigenvalue weighted by Gasteiger charge is -2.11. The zero-order chi connectivity index (χ0) is 20.0. The van der Waals surface area contributed by atoms with E-state index in [1.54, 1.807) is 23.6 Å². The molecular weight excluding hydrogens is 380 g/mol. The number of nitrogens with two attached hydrogens (primary N) is 1. The summed E-state index contributed by atoms with van der Waals surface area (Å²) in [6.45, 7) is 0.711. The molecule has 3 heterocycles. The molecule has 0 bridgehead atoms. The maximum absolute atomic E-state index is 5.68. The molecule has 3 N–H and O–H groups in total. The number of benzene rings is 2. The molecule has 0 radical (unpaired) electrons. The molecule has 0 amide bonds. The zero-order valence-corrected chi connectivity index (χ0v) is 17.0. The SMILES string of the molecule is CN(C)c1ccc2sc(C3=NCc4ccc(Nc5ccnc(N)n5)cc43)cc2c1. The Balaban J connectivity index is 1.49. The van der Waals surface area contributed by atoms with Crippen molar-refractivity contribution in [3.8, 4) is 0 Å². The maximum atomic E-state index is 5.68. The number of anilines is 4. The Morgan fingerprint density at radius 2 is 1.97 bits per heavy atom. The molecular formula is C22H20N6S. The van der Waals surface area contributed by atoms with E-state index in [0.29, 0.717) is 12.4 Å². The number of nitrogen functional groups attached to an aromatic ring is 1. The highest BCUT2D eigenvalue weighted by atomic mass is 32.1. The Morgan fingerprint density at radius 3 is 2.79 bits per heavy atom. The van der Waals surface area contributed by atoms with Crippen LogP contribution in [0.3, 0.4) is 0 Å². The number of fused-ring (bicyclic) bond motifs is 2. The monoisotopic (exact) mass is 400 g/mol. The third-order valence-electron chi connectivity index (χ3n) is 4.97. The molecule has 5 rings (SSSR count). The van der Waals surface area contributed by atoms with Gasteiger partial charge in [0.15, 0.2) is 0 Å². The lowest BCUT2D eigenvalue weighted by atomic mass is 10.0. The Hall–Kier alpha value is -3.45. The van der Waals surface area contributed by atoms with Crippen molar-refractivity contribution >= 4 is 50.3 Å². The van der Waals surface area contributed by atoms with Crippen molar-refractivity contribution in [3.63, 3.8) is 0 Å². The molecule has 0 saturated carbocycles. The number of hydrogen-bond acceptors (Lipinski definition) is 7. The summed E-state index contributed by atoms with van der Waals surface area (Å²) in [6.07, 6.45) is 1.64. The van der Waals surface area contributed by atoms with Gasteiger partial charge in [-0.2, -0.15) is 4.98 Å². The summed E-state index contributed by atoms with van der Waals surface area (Å²) < 4.78 is 1.27. The van der Waals surface area contributed by atoms with Gasteiger partial charge in [-0.05, 0) is 53.4 Å². The van der Waals surface area contributed by atoms with E-state index in [0.717, 1.165) is 17.0 Å². The molecule has 1 aliphatic heterocycles.